The second-order valence-corrected chi connectivity index (χ2v) is 2.35. The van der Waals surface area contributed by atoms with Crippen LogP contribution in [0.3, 0.4) is 0 Å². The second-order valence-electron chi connectivity index (χ2n) is 2.35. The fraction of sp³-hybridized carbons (Fsp3) is 0.833. The Labute approximate surface area is 59.7 Å². The highest BCUT2D eigenvalue weighted by Gasteiger charge is 2.15. The molecule has 0 saturated heterocycles. The Balaban J connectivity index is 3.71. The summed E-state index contributed by atoms with van der Waals surface area (Å²) >= 11 is 0. The Morgan fingerprint density at radius 2 is 2.20 bits per heavy atom. The van der Waals surface area contributed by atoms with E-state index >= 15 is 0 Å². The third-order valence-electron chi connectivity index (χ3n) is 1.38. The lowest BCUT2D eigenvalue weighted by Gasteiger charge is -2.14. The summed E-state index contributed by atoms with van der Waals surface area (Å²) in [6.45, 7) is 1.31. The molecule has 0 aromatic rings. The van der Waals surface area contributed by atoms with Crippen molar-refractivity contribution in [2.45, 2.75) is 19.4 Å². The smallest absolute Gasteiger partial charge is 0.217 e. The number of primary amides is 1. The molecule has 0 fully saturated rings. The summed E-state index contributed by atoms with van der Waals surface area (Å²) in [4.78, 5) is 10.3. The Hall–Kier alpha value is -0.610. The first kappa shape index (κ1) is 9.39. The van der Waals surface area contributed by atoms with E-state index in [4.69, 9.17) is 15.9 Å². The van der Waals surface area contributed by atoms with Gasteiger partial charge in [-0.3, -0.25) is 4.79 Å². The van der Waals surface area contributed by atoms with Crippen molar-refractivity contribution in [1.29, 1.82) is 0 Å². The van der Waals surface area contributed by atoms with Crippen LogP contribution in [0.1, 0.15) is 13.3 Å². The molecule has 0 bridgehead atoms. The van der Waals surface area contributed by atoms with E-state index in [2.05, 4.69) is 0 Å². The van der Waals surface area contributed by atoms with E-state index < -0.39 is 17.9 Å². The van der Waals surface area contributed by atoms with Gasteiger partial charge < -0.3 is 15.9 Å². The minimum absolute atomic E-state index is 0.0359. The molecule has 4 N–H and O–H groups in total. The fourth-order valence-electron chi connectivity index (χ4n) is 0.646. The molecule has 0 aliphatic heterocycles. The summed E-state index contributed by atoms with van der Waals surface area (Å²) in [6.07, 6.45) is -0.647. The molecule has 0 aromatic carbocycles. The van der Waals surface area contributed by atoms with Crippen LogP contribution in [0.15, 0.2) is 0 Å². The minimum Gasteiger partial charge on any atom is -0.396 e. The summed E-state index contributed by atoms with van der Waals surface area (Å²) in [6, 6.07) is 0. The van der Waals surface area contributed by atoms with Crippen molar-refractivity contribution in [3.8, 4) is 0 Å². The standard InChI is InChI=1S/C6H13NO3/c1-4(9)5(3-8)2-6(7)10/h4-5,8-9H,2-3H2,1H3,(H2,7,10)/t4-,5-/m1/s1. The van der Waals surface area contributed by atoms with Gasteiger partial charge in [0.25, 0.3) is 0 Å². The second kappa shape index (κ2) is 4.24. The molecular weight excluding hydrogens is 134 g/mol. The van der Waals surface area contributed by atoms with Gasteiger partial charge in [-0.2, -0.15) is 0 Å². The van der Waals surface area contributed by atoms with Gasteiger partial charge in [-0.05, 0) is 6.92 Å². The van der Waals surface area contributed by atoms with Crippen molar-refractivity contribution in [1.82, 2.24) is 0 Å². The zero-order valence-corrected chi connectivity index (χ0v) is 5.95. The summed E-state index contributed by atoms with van der Waals surface area (Å²) in [5.74, 6) is -0.919. The molecule has 0 spiro atoms. The van der Waals surface area contributed by atoms with Gasteiger partial charge >= 0.3 is 0 Å². The molecule has 0 radical (unpaired) electrons. The number of nitrogens with two attached hydrogens (primary N) is 1. The molecule has 4 nitrogen and oxygen atoms in total. The van der Waals surface area contributed by atoms with Gasteiger partial charge in [0.05, 0.1) is 6.10 Å². The average Bonchev–Trinajstić information content (AvgIpc) is 1.81. The number of carbonyl (C=O) groups is 1. The van der Waals surface area contributed by atoms with Gasteiger partial charge in [0, 0.05) is 18.9 Å². The molecule has 0 unspecified atom stereocenters. The lowest BCUT2D eigenvalue weighted by Crippen LogP contribution is -2.26. The number of hydrogen-bond donors (Lipinski definition) is 3. The lowest BCUT2D eigenvalue weighted by molar-refractivity contribution is -0.120. The SMILES string of the molecule is C[C@@H](O)[C@@H](CO)CC(N)=O. The zero-order chi connectivity index (χ0) is 8.15. The number of carbonyl (C=O) groups excluding carboxylic acids is 1. The molecule has 0 saturated carbocycles. The molecule has 0 aromatic heterocycles. The van der Waals surface area contributed by atoms with Crippen molar-refractivity contribution >= 4 is 5.91 Å². The normalized spacial score (nSPS) is 16.3. The number of aliphatic hydroxyl groups excluding tert-OH is 2. The van der Waals surface area contributed by atoms with Gasteiger partial charge in [-0.1, -0.05) is 0 Å². The summed E-state index contributed by atoms with van der Waals surface area (Å²) in [5, 5.41) is 17.5. The van der Waals surface area contributed by atoms with Crippen LogP contribution in [0.25, 0.3) is 0 Å². The predicted molar refractivity (Wildman–Crippen MR) is 36.1 cm³/mol. The van der Waals surface area contributed by atoms with Crippen molar-refractivity contribution in [2.75, 3.05) is 6.61 Å². The first-order valence-electron chi connectivity index (χ1n) is 3.15. The van der Waals surface area contributed by atoms with E-state index in [9.17, 15) is 4.79 Å². The fourth-order valence-corrected chi connectivity index (χ4v) is 0.646. The third-order valence-corrected chi connectivity index (χ3v) is 1.38. The van der Waals surface area contributed by atoms with Crippen molar-refractivity contribution in [3.63, 3.8) is 0 Å². The maximum absolute atomic E-state index is 10.3. The highest BCUT2D eigenvalue weighted by atomic mass is 16.3. The highest BCUT2D eigenvalue weighted by Crippen LogP contribution is 2.06. The van der Waals surface area contributed by atoms with Crippen molar-refractivity contribution < 1.29 is 15.0 Å². The molecule has 0 aliphatic carbocycles. The van der Waals surface area contributed by atoms with Gasteiger partial charge in [0.1, 0.15) is 0 Å². The molecule has 60 valence electrons. The van der Waals surface area contributed by atoms with E-state index in [0.29, 0.717) is 0 Å². The quantitative estimate of drug-likeness (QED) is 0.469. The summed E-state index contributed by atoms with van der Waals surface area (Å²) in [7, 11) is 0. The molecule has 0 aliphatic rings. The van der Waals surface area contributed by atoms with Crippen LogP contribution in [-0.2, 0) is 4.79 Å². The average molecular weight is 147 g/mol. The summed E-state index contributed by atoms with van der Waals surface area (Å²) in [5.41, 5.74) is 4.85. The molecular formula is C6H13NO3. The Morgan fingerprint density at radius 3 is 2.30 bits per heavy atom. The Morgan fingerprint density at radius 1 is 1.70 bits per heavy atom. The minimum atomic E-state index is -0.683. The van der Waals surface area contributed by atoms with Gasteiger partial charge in [0.15, 0.2) is 0 Å². The van der Waals surface area contributed by atoms with Gasteiger partial charge in [-0.15, -0.1) is 0 Å². The van der Waals surface area contributed by atoms with Crippen LogP contribution in [0.5, 0.6) is 0 Å². The molecule has 2 atom stereocenters. The largest absolute Gasteiger partial charge is 0.396 e. The maximum atomic E-state index is 10.3. The van der Waals surface area contributed by atoms with E-state index in [1.807, 2.05) is 0 Å². The van der Waals surface area contributed by atoms with Crippen LogP contribution < -0.4 is 5.73 Å². The number of amides is 1. The number of hydrogen-bond acceptors (Lipinski definition) is 3. The van der Waals surface area contributed by atoms with E-state index in [0.717, 1.165) is 0 Å². The van der Waals surface area contributed by atoms with Crippen LogP contribution in [-0.4, -0.2) is 28.8 Å². The lowest BCUT2D eigenvalue weighted by atomic mass is 10.0. The molecule has 10 heavy (non-hydrogen) atoms. The van der Waals surface area contributed by atoms with Crippen LogP contribution in [0.4, 0.5) is 0 Å². The monoisotopic (exact) mass is 147 g/mol. The molecule has 0 heterocycles. The van der Waals surface area contributed by atoms with Crippen molar-refractivity contribution in [2.24, 2.45) is 11.7 Å². The molecule has 4 heteroatoms. The first-order valence-corrected chi connectivity index (χ1v) is 3.15. The zero-order valence-electron chi connectivity index (χ0n) is 5.95. The number of aliphatic hydroxyl groups is 2. The van der Waals surface area contributed by atoms with Crippen LogP contribution in [0, 0.1) is 5.92 Å². The Kier molecular flexibility index (Phi) is 3.99. The van der Waals surface area contributed by atoms with Gasteiger partial charge in [-0.25, -0.2) is 0 Å². The highest BCUT2D eigenvalue weighted by molar-refractivity contribution is 5.74. The topological polar surface area (TPSA) is 83.6 Å². The molecule has 0 rings (SSSR count). The van der Waals surface area contributed by atoms with E-state index in [1.54, 1.807) is 0 Å². The van der Waals surface area contributed by atoms with Crippen molar-refractivity contribution in [3.05, 3.63) is 0 Å². The van der Waals surface area contributed by atoms with E-state index in [-0.39, 0.29) is 13.0 Å². The van der Waals surface area contributed by atoms with E-state index in [1.165, 1.54) is 6.92 Å². The van der Waals surface area contributed by atoms with Crippen LogP contribution >= 0.6 is 0 Å². The first-order chi connectivity index (χ1) is 4.57. The van der Waals surface area contributed by atoms with Gasteiger partial charge in [0.2, 0.25) is 5.91 Å². The Bertz CT molecular complexity index is 114. The van der Waals surface area contributed by atoms with Crippen LogP contribution in [0.2, 0.25) is 0 Å². The summed E-state index contributed by atoms with van der Waals surface area (Å²) < 4.78 is 0. The molecule has 1 amide bonds. The predicted octanol–water partition coefficient (Wildman–Crippen LogP) is -1.15. The third kappa shape index (κ3) is 3.42. The maximum Gasteiger partial charge on any atom is 0.217 e. The number of rotatable bonds is 4.